The second-order valence-electron chi connectivity index (χ2n) is 3.80. The molecule has 0 amide bonds. The average Bonchev–Trinajstić information content (AvgIpc) is 2.88. The Morgan fingerprint density at radius 3 is 2.37 bits per heavy atom. The highest BCUT2D eigenvalue weighted by Crippen LogP contribution is 2.24. The summed E-state index contributed by atoms with van der Waals surface area (Å²) in [6, 6.07) is 7.96. The molecule has 0 aliphatic rings. The molecule has 0 spiro atoms. The second-order valence-corrected chi connectivity index (χ2v) is 5.97. The van der Waals surface area contributed by atoms with Gasteiger partial charge in [-0.1, -0.05) is 0 Å². The first-order valence-corrected chi connectivity index (χ1v) is 7.32. The Bertz CT molecular complexity index is 667. The molecule has 7 heteroatoms. The Balaban J connectivity index is 2.36. The number of rotatable bonds is 4. The first-order chi connectivity index (χ1) is 8.95. The number of benzene rings is 1. The van der Waals surface area contributed by atoms with Gasteiger partial charge in [0.1, 0.15) is 11.6 Å². The van der Waals surface area contributed by atoms with Gasteiger partial charge < -0.3 is 4.42 Å². The van der Waals surface area contributed by atoms with Gasteiger partial charge in [0.25, 0.3) is 10.0 Å². The summed E-state index contributed by atoms with van der Waals surface area (Å²) in [5.41, 5.74) is 0.338. The van der Waals surface area contributed by atoms with Crippen molar-refractivity contribution in [2.45, 2.75) is 11.0 Å². The summed E-state index contributed by atoms with van der Waals surface area (Å²) in [4.78, 5) is 0. The summed E-state index contributed by atoms with van der Waals surface area (Å²) in [5.74, 6) is 0.0280. The fourth-order valence-electron chi connectivity index (χ4n) is 1.49. The minimum absolute atomic E-state index is 0.0930. The summed E-state index contributed by atoms with van der Waals surface area (Å²) < 4.78 is 43.4. The van der Waals surface area contributed by atoms with E-state index in [2.05, 4.69) is 0 Å². The molecular weight excluding hydrogens is 293 g/mol. The minimum atomic E-state index is -3.81. The van der Waals surface area contributed by atoms with Crippen molar-refractivity contribution in [2.75, 3.05) is 11.4 Å². The molecule has 1 aromatic carbocycles. The highest BCUT2D eigenvalue weighted by Gasteiger charge is 2.25. The average molecular weight is 304 g/mol. The number of nitrogens with zero attached hydrogens (tertiary/aromatic N) is 1. The van der Waals surface area contributed by atoms with E-state index in [0.29, 0.717) is 11.4 Å². The molecule has 0 radical (unpaired) electrons. The van der Waals surface area contributed by atoms with Crippen LogP contribution in [-0.4, -0.2) is 15.5 Å². The van der Waals surface area contributed by atoms with Gasteiger partial charge in [-0.05, 0) is 36.4 Å². The van der Waals surface area contributed by atoms with Crippen LogP contribution >= 0.6 is 11.6 Å². The van der Waals surface area contributed by atoms with E-state index in [-0.39, 0.29) is 11.0 Å². The molecule has 1 aromatic heterocycles. The topological polar surface area (TPSA) is 50.5 Å². The summed E-state index contributed by atoms with van der Waals surface area (Å²) in [7, 11) is -2.44. The first-order valence-electron chi connectivity index (χ1n) is 5.34. The van der Waals surface area contributed by atoms with Crippen LogP contribution < -0.4 is 4.31 Å². The lowest BCUT2D eigenvalue weighted by atomic mass is 10.3. The lowest BCUT2D eigenvalue weighted by Crippen LogP contribution is -2.26. The third kappa shape index (κ3) is 2.74. The maximum absolute atomic E-state index is 12.8. The lowest BCUT2D eigenvalue weighted by Gasteiger charge is -2.17. The number of sulfonamides is 1. The molecule has 0 aliphatic heterocycles. The molecule has 102 valence electrons. The Hall–Kier alpha value is -1.53. The van der Waals surface area contributed by atoms with E-state index >= 15 is 0 Å². The number of hydrogen-bond donors (Lipinski definition) is 0. The van der Waals surface area contributed by atoms with Gasteiger partial charge in [0.05, 0.1) is 11.6 Å². The zero-order valence-corrected chi connectivity index (χ0v) is 11.6. The largest absolute Gasteiger partial charge is 0.447 e. The van der Waals surface area contributed by atoms with Crippen LogP contribution in [-0.2, 0) is 15.9 Å². The molecule has 0 bridgehead atoms. The highest BCUT2D eigenvalue weighted by molar-refractivity contribution is 7.92. The fraction of sp³-hybridized carbons (Fsp3) is 0.167. The predicted octanol–water partition coefficient (Wildman–Crippen LogP) is 2.98. The molecule has 2 rings (SSSR count). The van der Waals surface area contributed by atoms with Gasteiger partial charge in [-0.3, -0.25) is 4.31 Å². The molecule has 0 fully saturated rings. The van der Waals surface area contributed by atoms with Gasteiger partial charge in [0.2, 0.25) is 5.09 Å². The van der Waals surface area contributed by atoms with Crippen molar-refractivity contribution in [1.82, 2.24) is 0 Å². The molecule has 0 unspecified atom stereocenters. The van der Waals surface area contributed by atoms with E-state index in [9.17, 15) is 12.8 Å². The van der Waals surface area contributed by atoms with Crippen LogP contribution in [0.25, 0.3) is 0 Å². The fourth-order valence-corrected chi connectivity index (χ4v) is 2.76. The smallest absolute Gasteiger partial charge is 0.297 e. The third-order valence-corrected chi connectivity index (χ3v) is 4.50. The quantitative estimate of drug-likeness (QED) is 0.816. The SMILES string of the molecule is CN(c1ccc(F)cc1)S(=O)(=O)c1ccc(CCl)o1. The van der Waals surface area contributed by atoms with Gasteiger partial charge in [0, 0.05) is 7.05 Å². The number of furan rings is 1. The molecule has 0 N–H and O–H groups in total. The van der Waals surface area contributed by atoms with Crippen molar-refractivity contribution in [2.24, 2.45) is 0 Å². The van der Waals surface area contributed by atoms with Crippen LogP contribution in [0.4, 0.5) is 10.1 Å². The van der Waals surface area contributed by atoms with Crippen molar-refractivity contribution in [1.29, 1.82) is 0 Å². The summed E-state index contributed by atoms with van der Waals surface area (Å²) in [6.07, 6.45) is 0. The van der Waals surface area contributed by atoms with Crippen LogP contribution in [0.3, 0.4) is 0 Å². The van der Waals surface area contributed by atoms with Crippen molar-refractivity contribution in [3.63, 3.8) is 0 Å². The van der Waals surface area contributed by atoms with E-state index < -0.39 is 15.8 Å². The zero-order chi connectivity index (χ0) is 14.0. The van der Waals surface area contributed by atoms with Crippen molar-refractivity contribution in [3.8, 4) is 0 Å². The highest BCUT2D eigenvalue weighted by atomic mass is 35.5. The molecule has 0 atom stereocenters. The Kier molecular flexibility index (Phi) is 3.82. The van der Waals surface area contributed by atoms with Crippen molar-refractivity contribution in [3.05, 3.63) is 48.0 Å². The molecule has 0 saturated heterocycles. The number of anilines is 1. The molecule has 1 heterocycles. The normalized spacial score (nSPS) is 11.5. The molecular formula is C12H11ClFNO3S. The summed E-state index contributed by atoms with van der Waals surface area (Å²) >= 11 is 5.56. The number of halogens is 2. The van der Waals surface area contributed by atoms with E-state index in [0.717, 1.165) is 4.31 Å². The van der Waals surface area contributed by atoms with Crippen LogP contribution in [0, 0.1) is 5.82 Å². The van der Waals surface area contributed by atoms with Gasteiger partial charge >= 0.3 is 0 Å². The summed E-state index contributed by atoms with van der Waals surface area (Å²) in [5, 5.41) is -0.199. The van der Waals surface area contributed by atoms with E-state index in [4.69, 9.17) is 16.0 Å². The standard InChI is InChI=1S/C12H11ClFNO3S/c1-15(10-4-2-9(14)3-5-10)19(16,17)12-7-6-11(8-13)18-12/h2-7H,8H2,1H3. The van der Waals surface area contributed by atoms with Crippen LogP contribution in [0.2, 0.25) is 0 Å². The van der Waals surface area contributed by atoms with E-state index in [1.165, 1.54) is 43.4 Å². The maximum atomic E-state index is 12.8. The predicted molar refractivity (Wildman–Crippen MR) is 70.3 cm³/mol. The van der Waals surface area contributed by atoms with Crippen LogP contribution in [0.15, 0.2) is 45.9 Å². The molecule has 0 saturated carbocycles. The van der Waals surface area contributed by atoms with Crippen molar-refractivity contribution < 1.29 is 17.2 Å². The van der Waals surface area contributed by atoms with Gasteiger partial charge in [-0.2, -0.15) is 8.42 Å². The maximum Gasteiger partial charge on any atom is 0.297 e. The van der Waals surface area contributed by atoms with Crippen LogP contribution in [0.5, 0.6) is 0 Å². The van der Waals surface area contributed by atoms with Crippen LogP contribution in [0.1, 0.15) is 5.76 Å². The molecule has 4 nitrogen and oxygen atoms in total. The zero-order valence-electron chi connectivity index (χ0n) is 10.0. The number of hydrogen-bond acceptors (Lipinski definition) is 3. The minimum Gasteiger partial charge on any atom is -0.447 e. The Labute approximate surface area is 115 Å². The van der Waals surface area contributed by atoms with E-state index in [1.807, 2.05) is 0 Å². The monoisotopic (exact) mass is 303 g/mol. The van der Waals surface area contributed by atoms with Gasteiger partial charge in [0.15, 0.2) is 0 Å². The lowest BCUT2D eigenvalue weighted by molar-refractivity contribution is 0.425. The summed E-state index contributed by atoms with van der Waals surface area (Å²) in [6.45, 7) is 0. The van der Waals surface area contributed by atoms with Gasteiger partial charge in [-0.15, -0.1) is 11.6 Å². The Morgan fingerprint density at radius 1 is 1.21 bits per heavy atom. The van der Waals surface area contributed by atoms with E-state index in [1.54, 1.807) is 0 Å². The molecule has 2 aromatic rings. The third-order valence-electron chi connectivity index (χ3n) is 2.57. The van der Waals surface area contributed by atoms with Gasteiger partial charge in [-0.25, -0.2) is 4.39 Å². The Morgan fingerprint density at radius 2 is 1.84 bits per heavy atom. The molecule has 0 aliphatic carbocycles. The molecule has 19 heavy (non-hydrogen) atoms. The van der Waals surface area contributed by atoms with Crippen molar-refractivity contribution >= 4 is 27.3 Å². The number of alkyl halides is 1. The first kappa shape index (κ1) is 13.9. The second kappa shape index (κ2) is 5.22.